The van der Waals surface area contributed by atoms with Gasteiger partial charge in [0.25, 0.3) is 0 Å². The molecule has 2 unspecified atom stereocenters. The van der Waals surface area contributed by atoms with Gasteiger partial charge in [0.1, 0.15) is 0 Å². The van der Waals surface area contributed by atoms with Gasteiger partial charge in [0.05, 0.1) is 0 Å². The van der Waals surface area contributed by atoms with E-state index in [4.69, 9.17) is 5.73 Å². The largest absolute Gasteiger partial charge is 0.352 e. The van der Waals surface area contributed by atoms with Crippen LogP contribution in [0.15, 0.2) is 0 Å². The number of rotatable bonds is 3. The van der Waals surface area contributed by atoms with Gasteiger partial charge in [0.15, 0.2) is 0 Å². The Bertz CT molecular complexity index is 266. The molecule has 0 aromatic heterocycles. The molecule has 5 heteroatoms. The third-order valence-electron chi connectivity index (χ3n) is 2.68. The Morgan fingerprint density at radius 3 is 2.81 bits per heavy atom. The van der Waals surface area contributed by atoms with Crippen molar-refractivity contribution >= 4 is 11.8 Å². The fourth-order valence-corrected chi connectivity index (χ4v) is 2.01. The number of nitrogens with two attached hydrogens (primary N) is 1. The summed E-state index contributed by atoms with van der Waals surface area (Å²) in [6.07, 6.45) is 2.27. The summed E-state index contributed by atoms with van der Waals surface area (Å²) in [6, 6.07) is -0.00285. The predicted molar refractivity (Wildman–Crippen MR) is 61.7 cm³/mol. The van der Waals surface area contributed by atoms with Crippen molar-refractivity contribution in [3.8, 4) is 0 Å². The minimum absolute atomic E-state index is 0.0357. The summed E-state index contributed by atoms with van der Waals surface area (Å²) in [5, 5.41) is 2.86. The second-order valence-electron chi connectivity index (χ2n) is 4.56. The molecule has 1 heterocycles. The summed E-state index contributed by atoms with van der Waals surface area (Å²) in [7, 11) is 0. The van der Waals surface area contributed by atoms with Gasteiger partial charge in [-0.25, -0.2) is 0 Å². The maximum atomic E-state index is 11.8. The summed E-state index contributed by atoms with van der Waals surface area (Å²) in [5.41, 5.74) is 5.60. The van der Waals surface area contributed by atoms with Gasteiger partial charge >= 0.3 is 0 Å². The molecule has 0 saturated carbocycles. The third-order valence-corrected chi connectivity index (χ3v) is 2.68. The maximum Gasteiger partial charge on any atom is 0.224 e. The van der Waals surface area contributed by atoms with Crippen molar-refractivity contribution in [1.82, 2.24) is 10.2 Å². The number of hydrogen-bond acceptors (Lipinski definition) is 3. The molecule has 0 aliphatic carbocycles. The molecule has 1 fully saturated rings. The van der Waals surface area contributed by atoms with Crippen LogP contribution in [0.5, 0.6) is 0 Å². The first-order valence-electron chi connectivity index (χ1n) is 5.79. The lowest BCUT2D eigenvalue weighted by molar-refractivity contribution is -0.133. The summed E-state index contributed by atoms with van der Waals surface area (Å²) in [4.78, 5) is 24.5. The summed E-state index contributed by atoms with van der Waals surface area (Å²) >= 11 is 0. The molecule has 1 aliphatic rings. The average Bonchev–Trinajstić information content (AvgIpc) is 2.16. The first-order chi connectivity index (χ1) is 7.49. The van der Waals surface area contributed by atoms with E-state index in [0.29, 0.717) is 13.0 Å². The molecule has 5 nitrogen and oxygen atoms in total. The normalized spacial score (nSPS) is 22.7. The molecule has 1 aliphatic heterocycles. The van der Waals surface area contributed by atoms with Crippen LogP contribution in [0.1, 0.15) is 33.1 Å². The lowest BCUT2D eigenvalue weighted by Crippen LogP contribution is -2.49. The standard InChI is InChI=1S/C11H21N3O2/c1-8(12)6-11(16)14-5-3-4-10(7-14)13-9(2)15/h8,10H,3-7,12H2,1-2H3,(H,13,15). The first kappa shape index (κ1) is 13.0. The monoisotopic (exact) mass is 227 g/mol. The lowest BCUT2D eigenvalue weighted by Gasteiger charge is -2.33. The molecule has 0 bridgehead atoms. The minimum Gasteiger partial charge on any atom is -0.352 e. The predicted octanol–water partition coefficient (Wildman–Crippen LogP) is -0.149. The summed E-state index contributed by atoms with van der Waals surface area (Å²) in [6.45, 7) is 4.72. The topological polar surface area (TPSA) is 75.4 Å². The van der Waals surface area contributed by atoms with E-state index in [9.17, 15) is 9.59 Å². The SMILES string of the molecule is CC(=O)NC1CCCN(C(=O)CC(C)N)C1. The zero-order valence-corrected chi connectivity index (χ0v) is 10.0. The molecule has 0 aromatic rings. The molecule has 2 amide bonds. The van der Waals surface area contributed by atoms with Crippen molar-refractivity contribution in [1.29, 1.82) is 0 Å². The van der Waals surface area contributed by atoms with Gasteiger partial charge in [-0.05, 0) is 19.8 Å². The molecule has 1 rings (SSSR count). The molecule has 3 N–H and O–H groups in total. The van der Waals surface area contributed by atoms with Crippen LogP contribution in [0, 0.1) is 0 Å². The molecule has 0 spiro atoms. The highest BCUT2D eigenvalue weighted by atomic mass is 16.2. The lowest BCUT2D eigenvalue weighted by atomic mass is 10.0. The Balaban J connectivity index is 2.43. The van der Waals surface area contributed by atoms with Gasteiger partial charge in [-0.3, -0.25) is 9.59 Å². The minimum atomic E-state index is -0.103. The molecular weight excluding hydrogens is 206 g/mol. The molecule has 16 heavy (non-hydrogen) atoms. The molecule has 0 radical (unpaired) electrons. The van der Waals surface area contributed by atoms with Crippen LogP contribution in [0.3, 0.4) is 0 Å². The van der Waals surface area contributed by atoms with E-state index < -0.39 is 0 Å². The number of nitrogens with one attached hydrogen (secondary N) is 1. The molecule has 92 valence electrons. The van der Waals surface area contributed by atoms with Gasteiger partial charge in [-0.15, -0.1) is 0 Å². The molecule has 1 saturated heterocycles. The maximum absolute atomic E-state index is 11.8. The van der Waals surface area contributed by atoms with E-state index in [0.717, 1.165) is 19.4 Å². The number of hydrogen-bond donors (Lipinski definition) is 2. The van der Waals surface area contributed by atoms with Gasteiger partial charge < -0.3 is 16.0 Å². The van der Waals surface area contributed by atoms with Crippen molar-refractivity contribution in [2.24, 2.45) is 5.73 Å². The van der Waals surface area contributed by atoms with Gasteiger partial charge in [-0.1, -0.05) is 0 Å². The number of carbonyl (C=O) groups is 2. The van der Waals surface area contributed by atoms with Crippen LogP contribution < -0.4 is 11.1 Å². The van der Waals surface area contributed by atoms with Crippen LogP contribution in [0.2, 0.25) is 0 Å². The number of carbonyl (C=O) groups excluding carboxylic acids is 2. The van der Waals surface area contributed by atoms with Crippen LogP contribution in [-0.2, 0) is 9.59 Å². The number of amides is 2. The van der Waals surface area contributed by atoms with Crippen LogP contribution in [0.4, 0.5) is 0 Å². The first-order valence-corrected chi connectivity index (χ1v) is 5.79. The van der Waals surface area contributed by atoms with E-state index in [1.165, 1.54) is 6.92 Å². The van der Waals surface area contributed by atoms with Gasteiger partial charge in [0.2, 0.25) is 11.8 Å². The van der Waals surface area contributed by atoms with Crippen LogP contribution >= 0.6 is 0 Å². The average molecular weight is 227 g/mol. The molecular formula is C11H21N3O2. The summed E-state index contributed by atoms with van der Waals surface area (Å²) < 4.78 is 0. The van der Waals surface area contributed by atoms with Crippen molar-refractivity contribution < 1.29 is 9.59 Å². The van der Waals surface area contributed by atoms with Crippen molar-refractivity contribution in [2.45, 2.75) is 45.2 Å². The van der Waals surface area contributed by atoms with E-state index in [-0.39, 0.29) is 23.9 Å². The molecule has 0 aromatic carbocycles. The number of piperidine rings is 1. The number of nitrogens with zero attached hydrogens (tertiary/aromatic N) is 1. The zero-order valence-electron chi connectivity index (χ0n) is 10.0. The van der Waals surface area contributed by atoms with Crippen LogP contribution in [0.25, 0.3) is 0 Å². The van der Waals surface area contributed by atoms with E-state index in [1.807, 2.05) is 6.92 Å². The summed E-state index contributed by atoms with van der Waals surface area (Å²) in [5.74, 6) is 0.0524. The highest BCUT2D eigenvalue weighted by Gasteiger charge is 2.24. The van der Waals surface area contributed by atoms with E-state index in [2.05, 4.69) is 5.32 Å². The highest BCUT2D eigenvalue weighted by molar-refractivity contribution is 5.77. The zero-order chi connectivity index (χ0) is 12.1. The van der Waals surface area contributed by atoms with Crippen molar-refractivity contribution in [3.05, 3.63) is 0 Å². The molecule has 2 atom stereocenters. The Labute approximate surface area is 96.4 Å². The van der Waals surface area contributed by atoms with Gasteiger partial charge in [-0.2, -0.15) is 0 Å². The van der Waals surface area contributed by atoms with Crippen molar-refractivity contribution in [2.75, 3.05) is 13.1 Å². The quantitative estimate of drug-likeness (QED) is 0.704. The Morgan fingerprint density at radius 1 is 1.56 bits per heavy atom. The van der Waals surface area contributed by atoms with E-state index >= 15 is 0 Å². The van der Waals surface area contributed by atoms with Gasteiger partial charge in [0, 0.05) is 38.5 Å². The smallest absolute Gasteiger partial charge is 0.224 e. The Kier molecular flexibility index (Phi) is 4.73. The Morgan fingerprint density at radius 2 is 2.25 bits per heavy atom. The highest BCUT2D eigenvalue weighted by Crippen LogP contribution is 2.11. The second kappa shape index (κ2) is 5.84. The number of likely N-dealkylation sites (tertiary alicyclic amines) is 1. The van der Waals surface area contributed by atoms with Crippen molar-refractivity contribution in [3.63, 3.8) is 0 Å². The van der Waals surface area contributed by atoms with E-state index in [1.54, 1.807) is 4.90 Å². The fourth-order valence-electron chi connectivity index (χ4n) is 2.01. The third kappa shape index (κ3) is 4.18. The Hall–Kier alpha value is -1.10. The van der Waals surface area contributed by atoms with Crippen LogP contribution in [-0.4, -0.2) is 41.9 Å². The second-order valence-corrected chi connectivity index (χ2v) is 4.56. The fraction of sp³-hybridized carbons (Fsp3) is 0.818.